The van der Waals surface area contributed by atoms with Crippen LogP contribution in [-0.4, -0.2) is 19.8 Å². The molecule has 1 heterocycles. The van der Waals surface area contributed by atoms with Crippen LogP contribution in [0.1, 0.15) is 5.69 Å². The molecule has 11 heteroatoms. The third-order valence-electron chi connectivity index (χ3n) is 1.56. The second-order valence-corrected chi connectivity index (χ2v) is 5.35. The molecule has 0 unspecified atom stereocenters. The number of hydrogen-bond donors (Lipinski definition) is 1. The van der Waals surface area contributed by atoms with Crippen molar-refractivity contribution < 1.29 is 26.3 Å². The molecule has 2 N–H and O–H groups in total. The third kappa shape index (κ3) is 3.38. The first-order chi connectivity index (χ1) is 8.04. The highest BCUT2D eigenvalue weighted by Crippen LogP contribution is 2.35. The first kappa shape index (κ1) is 14.3. The van der Waals surface area contributed by atoms with Crippen molar-refractivity contribution in [2.24, 2.45) is 0 Å². The smallest absolute Gasteiger partial charge is 0.400 e. The predicted octanol–water partition coefficient (Wildman–Crippen LogP) is 1.36. The van der Waals surface area contributed by atoms with Gasteiger partial charge in [-0.1, -0.05) is 0 Å². The molecule has 98 valence electrons. The molecular formula is C7H3ClF3N3O3S. The van der Waals surface area contributed by atoms with Gasteiger partial charge in [0.25, 0.3) is 9.05 Å². The molecule has 0 saturated heterocycles. The van der Waals surface area contributed by atoms with E-state index in [0.717, 1.165) is 0 Å². The maximum Gasteiger partial charge on any atom is 0.573 e. The fourth-order valence-corrected chi connectivity index (χ4v) is 1.95. The van der Waals surface area contributed by atoms with E-state index in [1.807, 2.05) is 0 Å². The topological polar surface area (TPSA) is 106 Å². The van der Waals surface area contributed by atoms with Crippen molar-refractivity contribution in [2.75, 3.05) is 5.73 Å². The molecule has 0 atom stereocenters. The molecule has 0 radical (unpaired) electrons. The van der Waals surface area contributed by atoms with Gasteiger partial charge in [-0.15, -0.1) is 13.2 Å². The minimum atomic E-state index is -5.18. The normalized spacial score (nSPS) is 11.9. The fourth-order valence-electron chi connectivity index (χ4n) is 0.985. The number of nitrogen functional groups attached to an aromatic ring is 1. The van der Waals surface area contributed by atoms with Gasteiger partial charge in [0.15, 0.2) is 11.6 Å². The lowest BCUT2D eigenvalue weighted by molar-refractivity contribution is -0.275. The van der Waals surface area contributed by atoms with Crippen LogP contribution in [0.2, 0.25) is 0 Å². The Hall–Kier alpha value is -1.73. The zero-order valence-corrected chi connectivity index (χ0v) is 9.77. The van der Waals surface area contributed by atoms with Gasteiger partial charge in [-0.3, -0.25) is 0 Å². The van der Waals surface area contributed by atoms with Gasteiger partial charge in [-0.05, 0) is 6.07 Å². The van der Waals surface area contributed by atoms with E-state index < -0.39 is 37.6 Å². The number of nitrogens with zero attached hydrogens (tertiary/aromatic N) is 2. The van der Waals surface area contributed by atoms with Crippen LogP contribution in [0.4, 0.5) is 19.0 Å². The molecule has 6 nitrogen and oxygen atoms in total. The first-order valence-electron chi connectivity index (χ1n) is 3.95. The third-order valence-corrected chi connectivity index (χ3v) is 2.89. The van der Waals surface area contributed by atoms with E-state index in [4.69, 9.17) is 21.7 Å². The van der Waals surface area contributed by atoms with Gasteiger partial charge >= 0.3 is 6.36 Å². The monoisotopic (exact) mass is 301 g/mol. The van der Waals surface area contributed by atoms with E-state index >= 15 is 0 Å². The van der Waals surface area contributed by atoms with Crippen LogP contribution in [0.3, 0.4) is 0 Å². The number of ether oxygens (including phenoxy) is 1. The van der Waals surface area contributed by atoms with E-state index in [9.17, 15) is 21.6 Å². The number of alkyl halides is 3. The molecule has 0 aliphatic rings. The van der Waals surface area contributed by atoms with E-state index in [0.29, 0.717) is 6.07 Å². The largest absolute Gasteiger partial charge is 0.573 e. The number of rotatable bonds is 2. The minimum Gasteiger partial charge on any atom is -0.400 e. The molecule has 0 fully saturated rings. The molecule has 0 bridgehead atoms. The summed E-state index contributed by atoms with van der Waals surface area (Å²) in [5.74, 6) is -2.18. The lowest BCUT2D eigenvalue weighted by atomic mass is 10.3. The van der Waals surface area contributed by atoms with Crippen LogP contribution in [0, 0.1) is 11.3 Å². The van der Waals surface area contributed by atoms with Crippen LogP contribution in [0.5, 0.6) is 5.75 Å². The summed E-state index contributed by atoms with van der Waals surface area (Å²) in [4.78, 5) is 2.14. The number of anilines is 1. The minimum absolute atomic E-state index is 0.513. The van der Waals surface area contributed by atoms with Gasteiger partial charge in [0.05, 0.1) is 0 Å². The Morgan fingerprint density at radius 3 is 2.44 bits per heavy atom. The Bertz CT molecular complexity index is 623. The number of nitrogens with two attached hydrogens (primary N) is 1. The Labute approximate surface area is 103 Å². The van der Waals surface area contributed by atoms with Crippen molar-refractivity contribution in [2.45, 2.75) is 11.3 Å². The molecule has 1 aromatic heterocycles. The quantitative estimate of drug-likeness (QED) is 0.827. The Morgan fingerprint density at radius 2 is 2.06 bits per heavy atom. The fraction of sp³-hybridized carbons (Fsp3) is 0.143. The van der Waals surface area contributed by atoms with Crippen LogP contribution in [0.25, 0.3) is 0 Å². The average molecular weight is 302 g/mol. The maximum absolute atomic E-state index is 12.1. The Morgan fingerprint density at radius 1 is 1.50 bits per heavy atom. The maximum atomic E-state index is 12.1. The summed E-state index contributed by atoms with van der Waals surface area (Å²) in [6.07, 6.45) is -5.18. The second-order valence-electron chi connectivity index (χ2n) is 2.82. The van der Waals surface area contributed by atoms with Gasteiger partial charge < -0.3 is 10.5 Å². The molecule has 0 amide bonds. The molecule has 18 heavy (non-hydrogen) atoms. The summed E-state index contributed by atoms with van der Waals surface area (Å²) in [5.41, 5.74) is 4.58. The zero-order valence-electron chi connectivity index (χ0n) is 8.19. The van der Waals surface area contributed by atoms with E-state index in [2.05, 4.69) is 9.72 Å². The molecule has 0 aromatic carbocycles. The van der Waals surface area contributed by atoms with Crippen LogP contribution in [0.15, 0.2) is 11.0 Å². The van der Waals surface area contributed by atoms with Crippen molar-refractivity contribution in [3.05, 3.63) is 11.8 Å². The van der Waals surface area contributed by atoms with Crippen molar-refractivity contribution in [3.63, 3.8) is 0 Å². The summed E-state index contributed by atoms with van der Waals surface area (Å²) < 4.78 is 61.8. The number of halogens is 4. The Kier molecular flexibility index (Phi) is 3.59. The summed E-state index contributed by atoms with van der Waals surface area (Å²) in [6.45, 7) is 0. The molecule has 0 saturated carbocycles. The van der Waals surface area contributed by atoms with Crippen LogP contribution < -0.4 is 10.5 Å². The van der Waals surface area contributed by atoms with Gasteiger partial charge in [0.2, 0.25) is 0 Å². The molecule has 0 aliphatic carbocycles. The summed E-state index contributed by atoms with van der Waals surface area (Å²) in [7, 11) is 0.341. The highest BCUT2D eigenvalue weighted by molar-refractivity contribution is 8.13. The highest BCUT2D eigenvalue weighted by Gasteiger charge is 2.35. The van der Waals surface area contributed by atoms with Crippen molar-refractivity contribution in [3.8, 4) is 11.8 Å². The molecule has 1 aromatic rings. The first-order valence-corrected chi connectivity index (χ1v) is 6.26. The van der Waals surface area contributed by atoms with Crippen molar-refractivity contribution >= 4 is 25.6 Å². The zero-order chi connectivity index (χ0) is 14.1. The summed E-state index contributed by atoms with van der Waals surface area (Å²) in [5, 5.41) is 8.51. The number of aromatic nitrogens is 1. The number of nitriles is 1. The highest BCUT2D eigenvalue weighted by atomic mass is 35.7. The summed E-state index contributed by atoms with van der Waals surface area (Å²) >= 11 is 0. The van der Waals surface area contributed by atoms with E-state index in [-0.39, 0.29) is 0 Å². The number of hydrogen-bond acceptors (Lipinski definition) is 6. The van der Waals surface area contributed by atoms with Gasteiger partial charge in [-0.2, -0.15) is 5.26 Å². The molecule has 0 aliphatic heterocycles. The van der Waals surface area contributed by atoms with Gasteiger partial charge in [-0.25, -0.2) is 13.4 Å². The van der Waals surface area contributed by atoms with Crippen LogP contribution in [-0.2, 0) is 9.05 Å². The molecule has 1 rings (SSSR count). The van der Waals surface area contributed by atoms with Gasteiger partial charge in [0.1, 0.15) is 16.7 Å². The lowest BCUT2D eigenvalue weighted by Gasteiger charge is -2.13. The SMILES string of the molecule is N#Cc1cc(S(=O)(=O)Cl)c(OC(F)(F)F)c(N)n1. The van der Waals surface area contributed by atoms with Crippen LogP contribution >= 0.6 is 10.7 Å². The average Bonchev–Trinajstić information content (AvgIpc) is 2.17. The van der Waals surface area contributed by atoms with E-state index in [1.54, 1.807) is 0 Å². The molecule has 0 spiro atoms. The number of pyridine rings is 1. The lowest BCUT2D eigenvalue weighted by Crippen LogP contribution is -2.20. The van der Waals surface area contributed by atoms with Gasteiger partial charge in [0, 0.05) is 10.7 Å². The van der Waals surface area contributed by atoms with Crippen molar-refractivity contribution in [1.29, 1.82) is 5.26 Å². The van der Waals surface area contributed by atoms with E-state index in [1.165, 1.54) is 6.07 Å². The molecular weight excluding hydrogens is 299 g/mol. The predicted molar refractivity (Wildman–Crippen MR) is 53.1 cm³/mol. The van der Waals surface area contributed by atoms with Crippen molar-refractivity contribution in [1.82, 2.24) is 4.98 Å². The standard InChI is InChI=1S/C7H3ClF3N3O3S/c8-18(15,16)4-1-3(2-12)14-6(13)5(4)17-7(9,10)11/h1H,(H2,13,14). The summed E-state index contributed by atoms with van der Waals surface area (Å²) in [6, 6.07) is 1.95. The Balaban J connectivity index is 3.55. The second kappa shape index (κ2) is 4.51.